The van der Waals surface area contributed by atoms with Gasteiger partial charge in [0.25, 0.3) is 0 Å². The summed E-state index contributed by atoms with van der Waals surface area (Å²) < 4.78 is 45.2. The molecule has 9 heteroatoms. The number of fused-ring (bicyclic) bond motifs is 1. The minimum Gasteiger partial charge on any atom is -0.507 e. The zero-order valence-corrected chi connectivity index (χ0v) is 16.6. The van der Waals surface area contributed by atoms with Gasteiger partial charge in [-0.15, -0.1) is 0 Å². The maximum Gasteiger partial charge on any atom is 0.417 e. The van der Waals surface area contributed by atoms with E-state index in [-0.39, 0.29) is 29.0 Å². The summed E-state index contributed by atoms with van der Waals surface area (Å²) in [5.41, 5.74) is -0.832. The predicted octanol–water partition coefficient (Wildman–Crippen LogP) is 5.16. The van der Waals surface area contributed by atoms with Crippen molar-refractivity contribution in [2.75, 3.05) is 0 Å². The number of halogens is 4. The molecule has 0 aromatic heterocycles. The van der Waals surface area contributed by atoms with Crippen molar-refractivity contribution < 1.29 is 37.7 Å². The third-order valence-electron chi connectivity index (χ3n) is 4.58. The van der Waals surface area contributed by atoms with E-state index in [4.69, 9.17) is 16.3 Å². The lowest BCUT2D eigenvalue weighted by atomic mass is 9.91. The van der Waals surface area contributed by atoms with Gasteiger partial charge in [-0.3, -0.25) is 9.59 Å². The summed E-state index contributed by atoms with van der Waals surface area (Å²) >= 11 is 5.62. The molecular weight excluding hydrogens is 425 g/mol. The number of Topliss-reactive ketones (excluding diaryl/α,β-unsaturated/α-hetero) is 2. The van der Waals surface area contributed by atoms with Gasteiger partial charge in [-0.2, -0.15) is 13.2 Å². The number of allylic oxidation sites excluding steroid dienone is 2. The number of hydrogen-bond donors (Lipinski definition) is 2. The van der Waals surface area contributed by atoms with E-state index >= 15 is 0 Å². The first-order valence-electron chi connectivity index (χ1n) is 8.74. The standard InChI is InChI=1S/C21H16ClF3O5/c1-9(2)3-5-11-14(26)8-15(27)16-17(28)18(29)19(30-20(11)16)10-4-6-13(22)12(7-10)21(23,24)25/h3-4,6-8,19,26-27H,5H2,1-2H3. The number of aromatic hydroxyl groups is 2. The summed E-state index contributed by atoms with van der Waals surface area (Å²) in [5, 5.41) is 19.7. The van der Waals surface area contributed by atoms with Gasteiger partial charge in [0.1, 0.15) is 22.8 Å². The third kappa shape index (κ3) is 3.87. The second-order valence-electron chi connectivity index (χ2n) is 7.01. The van der Waals surface area contributed by atoms with Gasteiger partial charge in [0, 0.05) is 17.2 Å². The van der Waals surface area contributed by atoms with Gasteiger partial charge in [-0.05, 0) is 32.4 Å². The number of ether oxygens (including phenoxy) is 1. The summed E-state index contributed by atoms with van der Waals surface area (Å²) in [5.74, 6) is -3.56. The van der Waals surface area contributed by atoms with E-state index in [2.05, 4.69) is 0 Å². The monoisotopic (exact) mass is 440 g/mol. The molecule has 0 fully saturated rings. The summed E-state index contributed by atoms with van der Waals surface area (Å²) in [4.78, 5) is 25.2. The highest BCUT2D eigenvalue weighted by atomic mass is 35.5. The van der Waals surface area contributed by atoms with Crippen LogP contribution in [0, 0.1) is 0 Å². The van der Waals surface area contributed by atoms with E-state index in [1.807, 2.05) is 0 Å². The quantitative estimate of drug-likeness (QED) is 0.508. The predicted molar refractivity (Wildman–Crippen MR) is 102 cm³/mol. The van der Waals surface area contributed by atoms with E-state index in [0.717, 1.165) is 23.8 Å². The fraction of sp³-hybridized carbons (Fsp3) is 0.238. The largest absolute Gasteiger partial charge is 0.507 e. The maximum atomic E-state index is 13.2. The molecule has 2 aromatic rings. The highest BCUT2D eigenvalue weighted by Crippen LogP contribution is 2.45. The van der Waals surface area contributed by atoms with Crippen molar-refractivity contribution in [1.82, 2.24) is 0 Å². The summed E-state index contributed by atoms with van der Waals surface area (Å²) in [6.07, 6.45) is -4.64. The Morgan fingerprint density at radius 3 is 2.43 bits per heavy atom. The van der Waals surface area contributed by atoms with Crippen molar-refractivity contribution in [1.29, 1.82) is 0 Å². The molecular formula is C21H16ClF3O5. The molecule has 30 heavy (non-hydrogen) atoms. The van der Waals surface area contributed by atoms with Crippen molar-refractivity contribution in [3.05, 3.63) is 63.2 Å². The number of carbonyl (C=O) groups excluding carboxylic acids is 2. The molecule has 2 aromatic carbocycles. The molecule has 5 nitrogen and oxygen atoms in total. The molecule has 1 aliphatic heterocycles. The lowest BCUT2D eigenvalue weighted by Gasteiger charge is -2.27. The Morgan fingerprint density at radius 1 is 1.17 bits per heavy atom. The molecule has 0 radical (unpaired) electrons. The van der Waals surface area contributed by atoms with Crippen molar-refractivity contribution in [2.45, 2.75) is 32.5 Å². The second-order valence-corrected chi connectivity index (χ2v) is 7.42. The molecule has 3 rings (SSSR count). The Kier molecular flexibility index (Phi) is 5.56. The van der Waals surface area contributed by atoms with Gasteiger partial charge in [-0.1, -0.05) is 29.3 Å². The number of rotatable bonds is 3. The van der Waals surface area contributed by atoms with E-state index in [1.165, 1.54) is 0 Å². The fourth-order valence-electron chi connectivity index (χ4n) is 3.08. The van der Waals surface area contributed by atoms with Crippen molar-refractivity contribution in [3.63, 3.8) is 0 Å². The van der Waals surface area contributed by atoms with Crippen LogP contribution in [0.1, 0.15) is 47.0 Å². The number of alkyl halides is 3. The smallest absolute Gasteiger partial charge is 0.417 e. The first-order chi connectivity index (χ1) is 13.9. The lowest BCUT2D eigenvalue weighted by Crippen LogP contribution is -2.32. The van der Waals surface area contributed by atoms with Gasteiger partial charge in [0.2, 0.25) is 11.6 Å². The first kappa shape index (κ1) is 21.7. The Bertz CT molecular complexity index is 1090. The van der Waals surface area contributed by atoms with Gasteiger partial charge < -0.3 is 14.9 Å². The Morgan fingerprint density at radius 2 is 1.83 bits per heavy atom. The van der Waals surface area contributed by atoms with Gasteiger partial charge in [0.05, 0.1) is 10.6 Å². The summed E-state index contributed by atoms with van der Waals surface area (Å²) in [6, 6.07) is 3.67. The highest BCUT2D eigenvalue weighted by Gasteiger charge is 2.42. The van der Waals surface area contributed by atoms with Crippen LogP contribution in [-0.4, -0.2) is 21.8 Å². The van der Waals surface area contributed by atoms with Gasteiger partial charge in [-0.25, -0.2) is 0 Å². The van der Waals surface area contributed by atoms with Crippen LogP contribution in [0.5, 0.6) is 17.2 Å². The first-order valence-corrected chi connectivity index (χ1v) is 9.12. The molecule has 158 valence electrons. The number of benzene rings is 2. The van der Waals surface area contributed by atoms with Gasteiger partial charge in [0.15, 0.2) is 6.10 Å². The van der Waals surface area contributed by atoms with Crippen LogP contribution in [0.4, 0.5) is 13.2 Å². The Labute approximate surface area is 174 Å². The van der Waals surface area contributed by atoms with Crippen LogP contribution in [0.15, 0.2) is 35.9 Å². The average molecular weight is 441 g/mol. The molecule has 0 saturated carbocycles. The summed E-state index contributed by atoms with van der Waals surface area (Å²) in [6.45, 7) is 3.60. The SMILES string of the molecule is CC(C)=CCc1c(O)cc(O)c2c1OC(c1ccc(Cl)c(C(F)(F)F)c1)C(=O)C2=O. The number of phenolic OH excluding ortho intramolecular Hbond substituents is 2. The molecule has 1 unspecified atom stereocenters. The second kappa shape index (κ2) is 7.68. The highest BCUT2D eigenvalue weighted by molar-refractivity contribution is 6.47. The minimum absolute atomic E-state index is 0.111. The van der Waals surface area contributed by atoms with Crippen LogP contribution in [0.25, 0.3) is 0 Å². The van der Waals surface area contributed by atoms with Crippen LogP contribution in [0.2, 0.25) is 5.02 Å². The van der Waals surface area contributed by atoms with E-state index in [1.54, 1.807) is 19.9 Å². The average Bonchev–Trinajstić information content (AvgIpc) is 2.63. The molecule has 0 aliphatic carbocycles. The van der Waals surface area contributed by atoms with Crippen LogP contribution >= 0.6 is 11.6 Å². The lowest BCUT2D eigenvalue weighted by molar-refractivity contribution is -0.137. The molecule has 0 bridgehead atoms. The van der Waals surface area contributed by atoms with Crippen molar-refractivity contribution in [3.8, 4) is 17.2 Å². The van der Waals surface area contributed by atoms with E-state index in [0.29, 0.717) is 6.07 Å². The molecule has 2 N–H and O–H groups in total. The number of phenols is 2. The van der Waals surface area contributed by atoms with E-state index < -0.39 is 45.7 Å². The fourth-order valence-corrected chi connectivity index (χ4v) is 3.31. The maximum absolute atomic E-state index is 13.2. The van der Waals surface area contributed by atoms with Crippen molar-refractivity contribution >= 4 is 23.2 Å². The van der Waals surface area contributed by atoms with E-state index in [9.17, 15) is 33.0 Å². The van der Waals surface area contributed by atoms with Gasteiger partial charge >= 0.3 is 6.18 Å². The Balaban J connectivity index is 2.16. The number of ketones is 2. The molecule has 1 heterocycles. The van der Waals surface area contributed by atoms with Crippen molar-refractivity contribution in [2.24, 2.45) is 0 Å². The number of hydrogen-bond acceptors (Lipinski definition) is 5. The molecule has 1 aliphatic rings. The van der Waals surface area contributed by atoms with Crippen LogP contribution < -0.4 is 4.74 Å². The molecule has 0 amide bonds. The molecule has 1 atom stereocenters. The van der Waals surface area contributed by atoms with Crippen LogP contribution in [-0.2, 0) is 17.4 Å². The normalized spacial score (nSPS) is 16.1. The van der Waals surface area contributed by atoms with Crippen LogP contribution in [0.3, 0.4) is 0 Å². The minimum atomic E-state index is -4.78. The number of carbonyl (C=O) groups is 2. The topological polar surface area (TPSA) is 83.8 Å². The zero-order chi connectivity index (χ0) is 22.4. The molecule has 0 saturated heterocycles. The summed E-state index contributed by atoms with van der Waals surface area (Å²) in [7, 11) is 0. The molecule has 0 spiro atoms. The third-order valence-corrected chi connectivity index (χ3v) is 4.91. The Hall–Kier alpha value is -3.00. The zero-order valence-electron chi connectivity index (χ0n) is 15.8.